The minimum absolute atomic E-state index is 0.0395. The van der Waals surface area contributed by atoms with Crippen LogP contribution in [0.1, 0.15) is 40.0 Å². The predicted octanol–water partition coefficient (Wildman–Crippen LogP) is 0.637. The Hall–Kier alpha value is -0.610. The third-order valence-electron chi connectivity index (χ3n) is 2.88. The maximum atomic E-state index is 11.7. The monoisotopic (exact) mass is 216 g/mol. The van der Waals surface area contributed by atoms with Gasteiger partial charge >= 0.3 is 0 Å². The molecule has 0 heterocycles. The fourth-order valence-electron chi connectivity index (χ4n) is 1.34. The second kappa shape index (κ2) is 7.65. The summed E-state index contributed by atoms with van der Waals surface area (Å²) in [5, 5.41) is 11.7. The van der Waals surface area contributed by atoms with Crippen LogP contribution in [-0.4, -0.2) is 29.7 Å². The maximum absolute atomic E-state index is 11.7. The molecule has 4 N–H and O–H groups in total. The summed E-state index contributed by atoms with van der Waals surface area (Å²) in [6.45, 7) is 6.06. The summed E-state index contributed by atoms with van der Waals surface area (Å²) in [6.07, 6.45) is 2.31. The highest BCUT2D eigenvalue weighted by Crippen LogP contribution is 2.06. The van der Waals surface area contributed by atoms with Crippen LogP contribution in [0, 0.1) is 5.92 Å². The van der Waals surface area contributed by atoms with Crippen LogP contribution in [0.4, 0.5) is 0 Å². The molecule has 0 aliphatic carbocycles. The summed E-state index contributed by atoms with van der Waals surface area (Å²) in [7, 11) is 0. The van der Waals surface area contributed by atoms with E-state index in [2.05, 4.69) is 5.32 Å². The lowest BCUT2D eigenvalue weighted by molar-refractivity contribution is -0.124. The van der Waals surface area contributed by atoms with Gasteiger partial charge < -0.3 is 16.2 Å². The van der Waals surface area contributed by atoms with Crippen molar-refractivity contribution in [3.8, 4) is 0 Å². The molecular weight excluding hydrogens is 192 g/mol. The molecule has 3 atom stereocenters. The molecule has 0 aromatic carbocycles. The first-order chi connectivity index (χ1) is 7.06. The fourth-order valence-corrected chi connectivity index (χ4v) is 1.34. The van der Waals surface area contributed by atoms with Gasteiger partial charge in [-0.25, -0.2) is 0 Å². The zero-order valence-electron chi connectivity index (χ0n) is 9.99. The molecule has 0 saturated carbocycles. The van der Waals surface area contributed by atoms with Gasteiger partial charge in [0.1, 0.15) is 0 Å². The van der Waals surface area contributed by atoms with Gasteiger partial charge in [-0.3, -0.25) is 4.79 Å². The Balaban J connectivity index is 4.09. The van der Waals surface area contributed by atoms with Crippen LogP contribution in [0.3, 0.4) is 0 Å². The lowest BCUT2D eigenvalue weighted by Crippen LogP contribution is -2.48. The average Bonchev–Trinajstić information content (AvgIpc) is 2.26. The molecule has 0 aromatic rings. The molecule has 4 nitrogen and oxygen atoms in total. The number of nitrogens with one attached hydrogen (secondary N) is 1. The number of nitrogens with two attached hydrogens (primary N) is 1. The van der Waals surface area contributed by atoms with E-state index in [0.29, 0.717) is 6.42 Å². The third-order valence-corrected chi connectivity index (χ3v) is 2.88. The van der Waals surface area contributed by atoms with E-state index in [0.717, 1.165) is 12.8 Å². The van der Waals surface area contributed by atoms with Crippen LogP contribution >= 0.6 is 0 Å². The molecule has 0 saturated heterocycles. The molecule has 0 radical (unpaired) electrons. The van der Waals surface area contributed by atoms with Gasteiger partial charge in [0.15, 0.2) is 0 Å². The molecule has 3 unspecified atom stereocenters. The zero-order valence-corrected chi connectivity index (χ0v) is 9.99. The minimum Gasteiger partial charge on any atom is -0.396 e. The summed E-state index contributed by atoms with van der Waals surface area (Å²) < 4.78 is 0. The van der Waals surface area contributed by atoms with E-state index < -0.39 is 6.04 Å². The van der Waals surface area contributed by atoms with Crippen molar-refractivity contribution in [1.82, 2.24) is 5.32 Å². The number of aliphatic hydroxyl groups excluding tert-OH is 1. The molecule has 4 heteroatoms. The second-order valence-electron chi connectivity index (χ2n) is 4.04. The van der Waals surface area contributed by atoms with E-state index >= 15 is 0 Å². The van der Waals surface area contributed by atoms with Crippen molar-refractivity contribution in [3.63, 3.8) is 0 Å². The van der Waals surface area contributed by atoms with Crippen LogP contribution in [0.5, 0.6) is 0 Å². The van der Waals surface area contributed by atoms with Crippen molar-refractivity contribution >= 4 is 5.91 Å². The summed E-state index contributed by atoms with van der Waals surface area (Å²) in [5.41, 5.74) is 5.80. The number of aliphatic hydroxyl groups is 1. The molecular formula is C11H24N2O2. The first-order valence-electron chi connectivity index (χ1n) is 5.73. The van der Waals surface area contributed by atoms with E-state index in [1.807, 2.05) is 20.8 Å². The summed E-state index contributed by atoms with van der Waals surface area (Å²) in [6, 6.07) is -0.402. The molecule has 0 spiro atoms. The predicted molar refractivity (Wildman–Crippen MR) is 61.4 cm³/mol. The Morgan fingerprint density at radius 1 is 1.40 bits per heavy atom. The van der Waals surface area contributed by atoms with Gasteiger partial charge in [0, 0.05) is 12.6 Å². The number of rotatable bonds is 7. The third kappa shape index (κ3) is 5.14. The lowest BCUT2D eigenvalue weighted by Gasteiger charge is -2.22. The number of carbonyl (C=O) groups is 1. The van der Waals surface area contributed by atoms with Crippen LogP contribution < -0.4 is 11.1 Å². The first-order valence-corrected chi connectivity index (χ1v) is 5.73. The lowest BCUT2D eigenvalue weighted by atomic mass is 9.99. The van der Waals surface area contributed by atoms with Gasteiger partial charge in [-0.2, -0.15) is 0 Å². The van der Waals surface area contributed by atoms with Gasteiger partial charge in [0.05, 0.1) is 6.04 Å². The van der Waals surface area contributed by atoms with Crippen molar-refractivity contribution in [1.29, 1.82) is 0 Å². The highest BCUT2D eigenvalue weighted by Gasteiger charge is 2.21. The van der Waals surface area contributed by atoms with Crippen LogP contribution in [0.25, 0.3) is 0 Å². The molecule has 0 fully saturated rings. The zero-order chi connectivity index (χ0) is 11.8. The van der Waals surface area contributed by atoms with E-state index in [1.54, 1.807) is 0 Å². The average molecular weight is 216 g/mol. The standard InChI is InChI=1S/C11H24N2O2/c1-4-8(3)10(12)11(15)13-9(5-2)6-7-14/h8-10,14H,4-7,12H2,1-3H3,(H,13,15). The SMILES string of the molecule is CCC(CCO)NC(=O)C(N)C(C)CC. The van der Waals surface area contributed by atoms with Crippen molar-refractivity contribution < 1.29 is 9.90 Å². The maximum Gasteiger partial charge on any atom is 0.237 e. The summed E-state index contributed by atoms with van der Waals surface area (Å²) >= 11 is 0. The van der Waals surface area contributed by atoms with Crippen molar-refractivity contribution in [2.75, 3.05) is 6.61 Å². The molecule has 0 bridgehead atoms. The van der Waals surface area contributed by atoms with Gasteiger partial charge in [-0.05, 0) is 18.8 Å². The molecule has 0 rings (SSSR count). The summed E-state index contributed by atoms with van der Waals surface area (Å²) in [5.74, 6) is 0.0845. The largest absolute Gasteiger partial charge is 0.396 e. The second-order valence-corrected chi connectivity index (χ2v) is 4.04. The van der Waals surface area contributed by atoms with Crippen molar-refractivity contribution in [2.45, 2.75) is 52.1 Å². The van der Waals surface area contributed by atoms with Gasteiger partial charge in [-0.15, -0.1) is 0 Å². The number of hydrogen-bond donors (Lipinski definition) is 3. The van der Waals surface area contributed by atoms with E-state index in [1.165, 1.54) is 0 Å². The normalized spacial score (nSPS) is 16.9. The topological polar surface area (TPSA) is 75.3 Å². The Kier molecular flexibility index (Phi) is 7.34. The van der Waals surface area contributed by atoms with Crippen LogP contribution in [-0.2, 0) is 4.79 Å². The van der Waals surface area contributed by atoms with Gasteiger partial charge in [0.25, 0.3) is 0 Å². The summed E-state index contributed by atoms with van der Waals surface area (Å²) in [4.78, 5) is 11.7. The van der Waals surface area contributed by atoms with Crippen molar-refractivity contribution in [3.05, 3.63) is 0 Å². The van der Waals surface area contributed by atoms with Gasteiger partial charge in [-0.1, -0.05) is 27.2 Å². The highest BCUT2D eigenvalue weighted by atomic mass is 16.3. The quantitative estimate of drug-likeness (QED) is 0.584. The Labute approximate surface area is 92.2 Å². The van der Waals surface area contributed by atoms with Gasteiger partial charge in [0.2, 0.25) is 5.91 Å². The Bertz CT molecular complexity index is 185. The Morgan fingerprint density at radius 3 is 2.40 bits per heavy atom. The molecule has 0 aliphatic heterocycles. The number of hydrogen-bond acceptors (Lipinski definition) is 3. The molecule has 0 aromatic heterocycles. The van der Waals surface area contributed by atoms with Crippen molar-refractivity contribution in [2.24, 2.45) is 11.7 Å². The number of amides is 1. The number of carbonyl (C=O) groups excluding carboxylic acids is 1. The minimum atomic E-state index is -0.442. The molecule has 90 valence electrons. The Morgan fingerprint density at radius 2 is 2.00 bits per heavy atom. The smallest absolute Gasteiger partial charge is 0.237 e. The highest BCUT2D eigenvalue weighted by molar-refractivity contribution is 5.82. The molecule has 15 heavy (non-hydrogen) atoms. The van der Waals surface area contributed by atoms with Crippen LogP contribution in [0.15, 0.2) is 0 Å². The van der Waals surface area contributed by atoms with E-state index in [9.17, 15) is 4.79 Å². The van der Waals surface area contributed by atoms with E-state index in [-0.39, 0.29) is 24.5 Å². The first kappa shape index (κ1) is 14.4. The van der Waals surface area contributed by atoms with E-state index in [4.69, 9.17) is 10.8 Å². The molecule has 1 amide bonds. The fraction of sp³-hybridized carbons (Fsp3) is 0.909. The molecule has 0 aliphatic rings. The van der Waals surface area contributed by atoms with Crippen LogP contribution in [0.2, 0.25) is 0 Å².